The third kappa shape index (κ3) is 4.91. The Morgan fingerprint density at radius 1 is 1.29 bits per heavy atom. The zero-order valence-corrected chi connectivity index (χ0v) is 11.4. The summed E-state index contributed by atoms with van der Waals surface area (Å²) in [6.45, 7) is 3.76. The van der Waals surface area contributed by atoms with Crippen LogP contribution in [0.15, 0.2) is 16.6 Å². The molecule has 0 spiro atoms. The summed E-state index contributed by atoms with van der Waals surface area (Å²) in [6.07, 6.45) is 2.16. The fraction of sp³-hybridized carbons (Fsp3) is 0.500. The molecular formula is C12H17BrFNO2. The minimum absolute atomic E-state index is 0.291. The van der Waals surface area contributed by atoms with E-state index < -0.39 is 5.82 Å². The van der Waals surface area contributed by atoms with Crippen molar-refractivity contribution < 1.29 is 13.9 Å². The summed E-state index contributed by atoms with van der Waals surface area (Å²) in [4.78, 5) is 0. The van der Waals surface area contributed by atoms with Gasteiger partial charge in [0.15, 0.2) is 0 Å². The molecule has 0 radical (unpaired) electrons. The monoisotopic (exact) mass is 305 g/mol. The lowest BCUT2D eigenvalue weighted by molar-refractivity contribution is 0.0982. The quantitative estimate of drug-likeness (QED) is 0.620. The maximum atomic E-state index is 13.1. The van der Waals surface area contributed by atoms with Crippen LogP contribution in [0.1, 0.15) is 19.8 Å². The summed E-state index contributed by atoms with van der Waals surface area (Å²) in [5.41, 5.74) is 5.92. The molecule has 17 heavy (non-hydrogen) atoms. The summed E-state index contributed by atoms with van der Waals surface area (Å²) in [5.74, 6) is 0.0754. The first-order valence-corrected chi connectivity index (χ1v) is 6.39. The predicted molar refractivity (Wildman–Crippen MR) is 69.7 cm³/mol. The first kappa shape index (κ1) is 14.3. The van der Waals surface area contributed by atoms with Gasteiger partial charge in [0, 0.05) is 12.7 Å². The molecule has 1 aromatic carbocycles. The molecule has 0 atom stereocenters. The first-order chi connectivity index (χ1) is 8.15. The van der Waals surface area contributed by atoms with Gasteiger partial charge in [0.05, 0.1) is 16.8 Å². The van der Waals surface area contributed by atoms with Gasteiger partial charge in [-0.15, -0.1) is 0 Å². The number of benzene rings is 1. The van der Waals surface area contributed by atoms with Gasteiger partial charge in [0.1, 0.15) is 18.2 Å². The molecule has 0 aliphatic rings. The van der Waals surface area contributed by atoms with Crippen LogP contribution in [0.3, 0.4) is 0 Å². The summed E-state index contributed by atoms with van der Waals surface area (Å²) >= 11 is 3.08. The van der Waals surface area contributed by atoms with Crippen molar-refractivity contribution in [2.75, 3.05) is 25.6 Å². The minimum atomic E-state index is -0.394. The minimum Gasteiger partial charge on any atom is -0.489 e. The summed E-state index contributed by atoms with van der Waals surface area (Å²) < 4.78 is 24.2. The molecule has 0 saturated heterocycles. The Bertz CT molecular complexity index is 361. The highest BCUT2D eigenvalue weighted by atomic mass is 79.9. The van der Waals surface area contributed by atoms with Crippen molar-refractivity contribution >= 4 is 21.6 Å². The highest BCUT2D eigenvalue weighted by Gasteiger charge is 2.06. The summed E-state index contributed by atoms with van der Waals surface area (Å²) in [7, 11) is 0. The van der Waals surface area contributed by atoms with Crippen molar-refractivity contribution in [1.82, 2.24) is 0 Å². The molecule has 3 nitrogen and oxygen atoms in total. The van der Waals surface area contributed by atoms with Gasteiger partial charge in [0.25, 0.3) is 0 Å². The standard InChI is InChI=1S/C12H17BrFNO2/c1-2-3-4-16-5-6-17-12-7-9(13)10(14)8-11(12)15/h7-8H,2-6,15H2,1H3. The van der Waals surface area contributed by atoms with Crippen LogP contribution >= 0.6 is 15.9 Å². The van der Waals surface area contributed by atoms with Crippen LogP contribution in [0.4, 0.5) is 10.1 Å². The third-order valence-electron chi connectivity index (χ3n) is 2.18. The molecule has 0 fully saturated rings. The molecule has 96 valence electrons. The fourth-order valence-corrected chi connectivity index (χ4v) is 1.55. The lowest BCUT2D eigenvalue weighted by atomic mass is 10.3. The van der Waals surface area contributed by atoms with Crippen LogP contribution in [-0.4, -0.2) is 19.8 Å². The second kappa shape index (κ2) is 7.50. The molecule has 0 bridgehead atoms. The number of hydrogen-bond donors (Lipinski definition) is 1. The smallest absolute Gasteiger partial charge is 0.143 e. The van der Waals surface area contributed by atoms with Crippen molar-refractivity contribution in [3.8, 4) is 5.75 Å². The van der Waals surface area contributed by atoms with E-state index in [-0.39, 0.29) is 0 Å². The van der Waals surface area contributed by atoms with Crippen LogP contribution in [0, 0.1) is 5.82 Å². The van der Waals surface area contributed by atoms with Crippen molar-refractivity contribution in [3.63, 3.8) is 0 Å². The number of rotatable bonds is 7. The van der Waals surface area contributed by atoms with Gasteiger partial charge < -0.3 is 15.2 Å². The summed E-state index contributed by atoms with van der Waals surface area (Å²) in [6, 6.07) is 2.76. The number of halogens is 2. The Balaban J connectivity index is 2.34. The predicted octanol–water partition coefficient (Wildman–Crippen LogP) is 3.37. The molecule has 2 N–H and O–H groups in total. The summed E-state index contributed by atoms with van der Waals surface area (Å²) in [5, 5.41) is 0. The SMILES string of the molecule is CCCCOCCOc1cc(Br)c(F)cc1N. The molecule has 1 rings (SSSR count). The van der Waals surface area contributed by atoms with Crippen molar-refractivity contribution in [1.29, 1.82) is 0 Å². The topological polar surface area (TPSA) is 44.5 Å². The van der Waals surface area contributed by atoms with E-state index in [9.17, 15) is 4.39 Å². The Kier molecular flexibility index (Phi) is 6.29. The van der Waals surface area contributed by atoms with Gasteiger partial charge >= 0.3 is 0 Å². The number of anilines is 1. The highest BCUT2D eigenvalue weighted by Crippen LogP contribution is 2.28. The molecule has 0 saturated carbocycles. The van der Waals surface area contributed by atoms with Crippen molar-refractivity contribution in [2.24, 2.45) is 0 Å². The molecular weight excluding hydrogens is 289 g/mol. The normalized spacial score (nSPS) is 10.5. The second-order valence-corrected chi connectivity index (χ2v) is 4.47. The zero-order chi connectivity index (χ0) is 12.7. The largest absolute Gasteiger partial charge is 0.489 e. The number of hydrogen-bond acceptors (Lipinski definition) is 3. The van der Waals surface area contributed by atoms with E-state index in [2.05, 4.69) is 22.9 Å². The Morgan fingerprint density at radius 3 is 2.76 bits per heavy atom. The van der Waals surface area contributed by atoms with Crippen molar-refractivity contribution in [3.05, 3.63) is 22.4 Å². The molecule has 0 aliphatic carbocycles. The molecule has 0 aliphatic heterocycles. The van der Waals surface area contributed by atoms with Crippen LogP contribution in [0.5, 0.6) is 5.75 Å². The average molecular weight is 306 g/mol. The molecule has 0 aromatic heterocycles. The van der Waals surface area contributed by atoms with E-state index >= 15 is 0 Å². The number of ether oxygens (including phenoxy) is 2. The second-order valence-electron chi connectivity index (χ2n) is 3.62. The van der Waals surface area contributed by atoms with E-state index in [1.54, 1.807) is 0 Å². The van der Waals surface area contributed by atoms with Crippen LogP contribution in [0.2, 0.25) is 0 Å². The molecule has 0 amide bonds. The van der Waals surface area contributed by atoms with Gasteiger partial charge in [-0.05, 0) is 28.4 Å². The van der Waals surface area contributed by atoms with Gasteiger partial charge in [-0.25, -0.2) is 4.39 Å². The Labute approximate surface area is 109 Å². The molecule has 1 aromatic rings. The fourth-order valence-electron chi connectivity index (χ4n) is 1.23. The van der Waals surface area contributed by atoms with E-state index in [0.29, 0.717) is 29.1 Å². The van der Waals surface area contributed by atoms with Gasteiger partial charge in [-0.1, -0.05) is 13.3 Å². The zero-order valence-electron chi connectivity index (χ0n) is 9.84. The Hall–Kier alpha value is -0.810. The van der Waals surface area contributed by atoms with Crippen LogP contribution < -0.4 is 10.5 Å². The van der Waals surface area contributed by atoms with Gasteiger partial charge in [-0.2, -0.15) is 0 Å². The number of nitrogens with two attached hydrogens (primary N) is 1. The van der Waals surface area contributed by atoms with Crippen LogP contribution in [-0.2, 0) is 4.74 Å². The third-order valence-corrected chi connectivity index (χ3v) is 2.79. The van der Waals surface area contributed by atoms with Gasteiger partial charge in [0.2, 0.25) is 0 Å². The number of nitrogen functional groups attached to an aromatic ring is 1. The molecule has 0 heterocycles. The lowest BCUT2D eigenvalue weighted by Crippen LogP contribution is -2.08. The van der Waals surface area contributed by atoms with E-state index in [1.165, 1.54) is 12.1 Å². The van der Waals surface area contributed by atoms with Crippen molar-refractivity contribution in [2.45, 2.75) is 19.8 Å². The lowest BCUT2D eigenvalue weighted by Gasteiger charge is -2.10. The van der Waals surface area contributed by atoms with E-state index in [4.69, 9.17) is 15.2 Å². The Morgan fingerprint density at radius 2 is 2.06 bits per heavy atom. The van der Waals surface area contributed by atoms with E-state index in [1.807, 2.05) is 0 Å². The highest BCUT2D eigenvalue weighted by molar-refractivity contribution is 9.10. The molecule has 5 heteroatoms. The molecule has 0 unspecified atom stereocenters. The number of unbranched alkanes of at least 4 members (excludes halogenated alkanes) is 1. The maximum absolute atomic E-state index is 13.1. The van der Waals surface area contributed by atoms with Gasteiger partial charge in [-0.3, -0.25) is 0 Å². The maximum Gasteiger partial charge on any atom is 0.143 e. The van der Waals surface area contributed by atoms with E-state index in [0.717, 1.165) is 19.4 Å². The van der Waals surface area contributed by atoms with Crippen LogP contribution in [0.25, 0.3) is 0 Å². The average Bonchev–Trinajstić information content (AvgIpc) is 2.30. The first-order valence-electron chi connectivity index (χ1n) is 5.60.